The molecule has 0 fully saturated rings. The number of aryl methyl sites for hydroxylation is 1. The Bertz CT molecular complexity index is 664. The Morgan fingerprint density at radius 1 is 1.33 bits per heavy atom. The topological polar surface area (TPSA) is 89.8 Å². The van der Waals surface area contributed by atoms with Gasteiger partial charge in [-0.25, -0.2) is 9.97 Å². The molecule has 0 aliphatic carbocycles. The Morgan fingerprint density at radius 2 is 2.06 bits per heavy atom. The Labute approximate surface area is 113 Å². The van der Waals surface area contributed by atoms with Crippen LogP contribution >= 0.6 is 23.2 Å². The van der Waals surface area contributed by atoms with Crippen LogP contribution in [0.4, 0.5) is 5.82 Å². The van der Waals surface area contributed by atoms with Crippen molar-refractivity contribution in [2.75, 3.05) is 4.72 Å². The van der Waals surface area contributed by atoms with Crippen LogP contribution in [0.25, 0.3) is 0 Å². The van der Waals surface area contributed by atoms with Crippen LogP contribution in [0.15, 0.2) is 23.6 Å². The van der Waals surface area contributed by atoms with E-state index in [9.17, 15) is 8.42 Å². The minimum atomic E-state index is -3.82. The maximum absolute atomic E-state index is 11.9. The van der Waals surface area contributed by atoms with Crippen LogP contribution < -0.4 is 4.72 Å². The number of nitrogens with zero attached hydrogens (tertiary/aromatic N) is 4. The van der Waals surface area contributed by atoms with Gasteiger partial charge < -0.3 is 4.57 Å². The highest BCUT2D eigenvalue weighted by Gasteiger charge is 2.18. The zero-order valence-electron chi connectivity index (χ0n) is 9.00. The SMILES string of the molecule is Cn1cnc(S(=O)(=O)Nc2cc(Cl)nc(Cl)n2)c1. The second kappa shape index (κ2) is 4.71. The zero-order valence-corrected chi connectivity index (χ0v) is 11.3. The third-order valence-electron chi connectivity index (χ3n) is 1.86. The van der Waals surface area contributed by atoms with E-state index < -0.39 is 10.0 Å². The minimum absolute atomic E-state index is 0.0225. The van der Waals surface area contributed by atoms with Crippen molar-refractivity contribution in [3.63, 3.8) is 0 Å². The average molecular weight is 308 g/mol. The van der Waals surface area contributed by atoms with E-state index in [0.29, 0.717) is 0 Å². The predicted molar refractivity (Wildman–Crippen MR) is 66.1 cm³/mol. The van der Waals surface area contributed by atoms with Gasteiger partial charge in [0.1, 0.15) is 11.0 Å². The summed E-state index contributed by atoms with van der Waals surface area (Å²) in [6.07, 6.45) is 2.72. The summed E-state index contributed by atoms with van der Waals surface area (Å²) < 4.78 is 27.5. The largest absolute Gasteiger partial charge is 0.339 e. The molecule has 0 aliphatic heterocycles. The van der Waals surface area contributed by atoms with E-state index in [0.717, 1.165) is 0 Å². The van der Waals surface area contributed by atoms with Crippen LogP contribution in [0.1, 0.15) is 0 Å². The molecule has 18 heavy (non-hydrogen) atoms. The molecule has 1 N–H and O–H groups in total. The Hall–Kier alpha value is -1.38. The number of imidazole rings is 1. The molecule has 2 aromatic heterocycles. The first kappa shape index (κ1) is 13.1. The molecule has 0 amide bonds. The number of hydrogen-bond acceptors (Lipinski definition) is 5. The summed E-state index contributed by atoms with van der Waals surface area (Å²) in [5.41, 5.74) is 0. The molecule has 2 rings (SSSR count). The molecule has 0 aliphatic rings. The summed E-state index contributed by atoms with van der Waals surface area (Å²) in [7, 11) is -2.16. The lowest BCUT2D eigenvalue weighted by Crippen LogP contribution is -2.14. The minimum Gasteiger partial charge on any atom is -0.339 e. The highest BCUT2D eigenvalue weighted by molar-refractivity contribution is 7.92. The molecule has 0 unspecified atom stereocenters. The van der Waals surface area contributed by atoms with Gasteiger partial charge in [-0.1, -0.05) is 11.6 Å². The van der Waals surface area contributed by atoms with E-state index in [2.05, 4.69) is 19.7 Å². The van der Waals surface area contributed by atoms with Gasteiger partial charge in [-0.2, -0.15) is 13.4 Å². The van der Waals surface area contributed by atoms with Gasteiger partial charge in [0.25, 0.3) is 10.0 Å². The molecular formula is C8H7Cl2N5O2S. The van der Waals surface area contributed by atoms with Gasteiger partial charge in [-0.05, 0) is 11.6 Å². The first-order chi connectivity index (χ1) is 8.37. The number of hydrogen-bond donors (Lipinski definition) is 1. The van der Waals surface area contributed by atoms with Crippen molar-refractivity contribution in [3.8, 4) is 0 Å². The van der Waals surface area contributed by atoms with E-state index in [-0.39, 0.29) is 21.3 Å². The smallest absolute Gasteiger partial charge is 0.282 e. The van der Waals surface area contributed by atoms with Crippen LogP contribution in [0.2, 0.25) is 10.4 Å². The van der Waals surface area contributed by atoms with Crippen molar-refractivity contribution < 1.29 is 8.42 Å². The number of rotatable bonds is 3. The highest BCUT2D eigenvalue weighted by Crippen LogP contribution is 2.17. The van der Waals surface area contributed by atoms with E-state index in [1.54, 1.807) is 7.05 Å². The molecule has 2 aromatic rings. The van der Waals surface area contributed by atoms with E-state index >= 15 is 0 Å². The average Bonchev–Trinajstić information content (AvgIpc) is 2.62. The fourth-order valence-electron chi connectivity index (χ4n) is 1.16. The molecule has 96 valence electrons. The summed E-state index contributed by atoms with van der Waals surface area (Å²) in [5.74, 6) is -0.0225. The third kappa shape index (κ3) is 2.89. The van der Waals surface area contributed by atoms with Crippen LogP contribution in [0.5, 0.6) is 0 Å². The van der Waals surface area contributed by atoms with Crippen LogP contribution in [-0.4, -0.2) is 27.9 Å². The number of aromatic nitrogens is 4. The van der Waals surface area contributed by atoms with Crippen molar-refractivity contribution in [1.82, 2.24) is 19.5 Å². The van der Waals surface area contributed by atoms with E-state index in [1.165, 1.54) is 23.2 Å². The Kier molecular flexibility index (Phi) is 3.42. The normalized spacial score (nSPS) is 11.5. The van der Waals surface area contributed by atoms with E-state index in [1.807, 2.05) is 0 Å². The van der Waals surface area contributed by atoms with Gasteiger partial charge >= 0.3 is 0 Å². The van der Waals surface area contributed by atoms with Crippen LogP contribution in [0.3, 0.4) is 0 Å². The summed E-state index contributed by atoms with van der Waals surface area (Å²) >= 11 is 11.2. The molecule has 2 heterocycles. The third-order valence-corrected chi connectivity index (χ3v) is 3.47. The lowest BCUT2D eigenvalue weighted by molar-refractivity contribution is 0.598. The van der Waals surface area contributed by atoms with Gasteiger partial charge in [-0.3, -0.25) is 4.72 Å². The van der Waals surface area contributed by atoms with E-state index in [4.69, 9.17) is 23.2 Å². The number of sulfonamides is 1. The molecule has 0 bridgehead atoms. The van der Waals surface area contributed by atoms with Gasteiger partial charge in [-0.15, -0.1) is 0 Å². The zero-order chi connectivity index (χ0) is 13.3. The fourth-order valence-corrected chi connectivity index (χ4v) is 2.54. The highest BCUT2D eigenvalue weighted by atomic mass is 35.5. The first-order valence-electron chi connectivity index (χ1n) is 4.58. The molecule has 0 aromatic carbocycles. The Balaban J connectivity index is 2.33. The molecule has 0 saturated heterocycles. The van der Waals surface area contributed by atoms with Gasteiger partial charge in [0.05, 0.1) is 6.33 Å². The molecular weight excluding hydrogens is 301 g/mol. The van der Waals surface area contributed by atoms with Crippen LogP contribution in [-0.2, 0) is 17.1 Å². The van der Waals surface area contributed by atoms with Crippen molar-refractivity contribution in [2.24, 2.45) is 7.05 Å². The Morgan fingerprint density at radius 3 is 2.61 bits per heavy atom. The molecule has 10 heteroatoms. The lowest BCUT2D eigenvalue weighted by Gasteiger charge is -2.04. The molecule has 7 nitrogen and oxygen atoms in total. The molecule has 0 saturated carbocycles. The first-order valence-corrected chi connectivity index (χ1v) is 6.81. The number of halogens is 2. The van der Waals surface area contributed by atoms with Crippen molar-refractivity contribution in [1.29, 1.82) is 0 Å². The van der Waals surface area contributed by atoms with Gasteiger partial charge in [0.15, 0.2) is 5.03 Å². The van der Waals surface area contributed by atoms with Crippen molar-refractivity contribution in [3.05, 3.63) is 29.0 Å². The summed E-state index contributed by atoms with van der Waals surface area (Å²) in [5, 5.41) is -0.245. The maximum Gasteiger partial charge on any atom is 0.282 e. The van der Waals surface area contributed by atoms with Gasteiger partial charge in [0.2, 0.25) is 5.28 Å². The summed E-state index contributed by atoms with van der Waals surface area (Å²) in [6, 6.07) is 1.24. The quantitative estimate of drug-likeness (QED) is 0.682. The molecule has 0 spiro atoms. The predicted octanol–water partition coefficient (Wildman–Crippen LogP) is 1.32. The number of anilines is 1. The molecule has 0 radical (unpaired) electrons. The summed E-state index contributed by atoms with van der Waals surface area (Å²) in [6.45, 7) is 0. The van der Waals surface area contributed by atoms with Crippen molar-refractivity contribution >= 4 is 39.0 Å². The van der Waals surface area contributed by atoms with Crippen molar-refractivity contribution in [2.45, 2.75) is 5.03 Å². The second-order valence-electron chi connectivity index (χ2n) is 3.33. The monoisotopic (exact) mass is 307 g/mol. The lowest BCUT2D eigenvalue weighted by atomic mass is 10.6. The fraction of sp³-hybridized carbons (Fsp3) is 0.125. The second-order valence-corrected chi connectivity index (χ2v) is 5.68. The summed E-state index contributed by atoms with van der Waals surface area (Å²) in [4.78, 5) is 11.0. The standard InChI is InChI=1S/C8H7Cl2N5O2S/c1-15-3-7(11-4-15)18(16,17)14-6-2-5(9)12-8(10)13-6/h2-4H,1H3,(H,12,13,14). The van der Waals surface area contributed by atoms with Crippen LogP contribution in [0, 0.1) is 0 Å². The maximum atomic E-state index is 11.9. The van der Waals surface area contributed by atoms with Gasteiger partial charge in [0, 0.05) is 19.3 Å². The molecule has 0 atom stereocenters. The number of nitrogens with one attached hydrogen (secondary N) is 1.